The quantitative estimate of drug-likeness (QED) is 0.800. The van der Waals surface area contributed by atoms with Crippen LogP contribution in [0.3, 0.4) is 0 Å². The fourth-order valence-electron chi connectivity index (χ4n) is 2.20. The first kappa shape index (κ1) is 17.9. The van der Waals surface area contributed by atoms with Crippen molar-refractivity contribution in [3.63, 3.8) is 0 Å². The van der Waals surface area contributed by atoms with E-state index in [1.807, 2.05) is 12.1 Å². The third kappa shape index (κ3) is 6.02. The van der Waals surface area contributed by atoms with E-state index >= 15 is 0 Å². The molecule has 0 saturated heterocycles. The van der Waals surface area contributed by atoms with E-state index in [4.69, 9.17) is 4.98 Å². The minimum Gasteiger partial charge on any atom is -0.392 e. The molecule has 0 aliphatic rings. The number of rotatable bonds is 8. The maximum atomic E-state index is 9.50. The average Bonchev–Trinajstić information content (AvgIpc) is 2.42. The lowest BCUT2D eigenvalue weighted by Crippen LogP contribution is -2.35. The van der Waals surface area contributed by atoms with Gasteiger partial charge in [0.05, 0.1) is 6.61 Å². The Balaban J connectivity index is 3.06. The first-order valence-electron chi connectivity index (χ1n) is 7.84. The Hall–Kier alpha value is -1.13. The van der Waals surface area contributed by atoms with Crippen LogP contribution in [0.25, 0.3) is 0 Å². The molecule has 21 heavy (non-hydrogen) atoms. The molecule has 4 heteroatoms. The van der Waals surface area contributed by atoms with Crippen LogP contribution in [0.2, 0.25) is 0 Å². The van der Waals surface area contributed by atoms with Crippen LogP contribution in [0.4, 0.5) is 5.82 Å². The molecule has 0 aromatic carbocycles. The zero-order valence-electron chi connectivity index (χ0n) is 14.4. The number of likely N-dealkylation sites (N-methyl/N-ethyl adjacent to an activating group) is 1. The molecule has 1 aromatic rings. The fourth-order valence-corrected chi connectivity index (χ4v) is 2.20. The summed E-state index contributed by atoms with van der Waals surface area (Å²) < 4.78 is 0. The number of hydrogen-bond donors (Lipinski definition) is 1. The number of pyridine rings is 1. The van der Waals surface area contributed by atoms with Crippen LogP contribution in [0.1, 0.15) is 44.9 Å². The Morgan fingerprint density at radius 1 is 1.10 bits per heavy atom. The summed E-state index contributed by atoms with van der Waals surface area (Å²) in [6.45, 7) is 11.7. The maximum Gasteiger partial charge on any atom is 0.129 e. The summed E-state index contributed by atoms with van der Waals surface area (Å²) in [5.41, 5.74) is 2.00. The summed E-state index contributed by atoms with van der Waals surface area (Å²) in [6.07, 6.45) is 0. The maximum absolute atomic E-state index is 9.50. The molecule has 0 bridgehead atoms. The summed E-state index contributed by atoms with van der Waals surface area (Å²) in [7, 11) is 4.18. The number of anilines is 1. The van der Waals surface area contributed by atoms with Crippen molar-refractivity contribution in [1.29, 1.82) is 0 Å². The number of aliphatic hydroxyl groups excluding tert-OH is 1. The van der Waals surface area contributed by atoms with Gasteiger partial charge in [-0.05, 0) is 43.6 Å². The minimum atomic E-state index is 0.0679. The van der Waals surface area contributed by atoms with Crippen LogP contribution in [0.5, 0.6) is 0 Å². The van der Waals surface area contributed by atoms with E-state index in [-0.39, 0.29) is 6.61 Å². The molecule has 0 atom stereocenters. The molecule has 0 unspecified atom stereocenters. The molecule has 0 fully saturated rings. The van der Waals surface area contributed by atoms with Crippen molar-refractivity contribution in [2.24, 2.45) is 5.92 Å². The van der Waals surface area contributed by atoms with Crippen LogP contribution in [-0.4, -0.2) is 48.7 Å². The highest BCUT2D eigenvalue weighted by Gasteiger charge is 2.13. The number of nitrogens with zero attached hydrogens (tertiary/aromatic N) is 3. The zero-order chi connectivity index (χ0) is 16.0. The SMILES string of the molecule is CC(C)CN(CCN(C)C)c1cc(CO)cc(C(C)C)n1. The van der Waals surface area contributed by atoms with Crippen molar-refractivity contribution in [3.8, 4) is 0 Å². The number of aromatic nitrogens is 1. The molecule has 1 N–H and O–H groups in total. The first-order chi connectivity index (χ1) is 9.83. The van der Waals surface area contributed by atoms with Gasteiger partial charge in [-0.1, -0.05) is 27.7 Å². The molecular weight excluding hydrogens is 262 g/mol. The fraction of sp³-hybridized carbons (Fsp3) is 0.706. The van der Waals surface area contributed by atoms with Gasteiger partial charge < -0.3 is 14.9 Å². The second-order valence-corrected chi connectivity index (χ2v) is 6.71. The third-order valence-corrected chi connectivity index (χ3v) is 3.39. The lowest BCUT2D eigenvalue weighted by Gasteiger charge is -2.28. The van der Waals surface area contributed by atoms with Gasteiger partial charge in [-0.2, -0.15) is 0 Å². The van der Waals surface area contributed by atoms with Crippen molar-refractivity contribution in [1.82, 2.24) is 9.88 Å². The Labute approximate surface area is 129 Å². The molecule has 1 rings (SSSR count). The average molecular weight is 293 g/mol. The van der Waals surface area contributed by atoms with Gasteiger partial charge in [0.25, 0.3) is 0 Å². The van der Waals surface area contributed by atoms with Gasteiger partial charge in [0.2, 0.25) is 0 Å². The predicted molar refractivity (Wildman–Crippen MR) is 89.9 cm³/mol. The second-order valence-electron chi connectivity index (χ2n) is 6.71. The topological polar surface area (TPSA) is 39.6 Å². The highest BCUT2D eigenvalue weighted by atomic mass is 16.3. The summed E-state index contributed by atoms with van der Waals surface area (Å²) in [5.74, 6) is 1.93. The van der Waals surface area contributed by atoms with Crippen LogP contribution < -0.4 is 4.90 Å². The molecule has 0 radical (unpaired) electrons. The Morgan fingerprint density at radius 2 is 1.76 bits per heavy atom. The van der Waals surface area contributed by atoms with Crippen molar-refractivity contribution in [2.45, 2.75) is 40.2 Å². The standard InChI is InChI=1S/C17H31N3O/c1-13(2)11-20(8-7-19(5)6)17-10-15(12-21)9-16(18-17)14(3)4/h9-10,13-14,21H,7-8,11-12H2,1-6H3. The van der Waals surface area contributed by atoms with Crippen LogP contribution in [-0.2, 0) is 6.61 Å². The van der Waals surface area contributed by atoms with Crippen LogP contribution in [0, 0.1) is 5.92 Å². The van der Waals surface area contributed by atoms with Gasteiger partial charge in [-0.25, -0.2) is 4.98 Å². The molecular formula is C17H31N3O. The zero-order valence-corrected chi connectivity index (χ0v) is 14.4. The molecule has 4 nitrogen and oxygen atoms in total. The molecule has 0 spiro atoms. The van der Waals surface area contributed by atoms with Crippen molar-refractivity contribution in [3.05, 3.63) is 23.4 Å². The van der Waals surface area contributed by atoms with Gasteiger partial charge in [-0.3, -0.25) is 0 Å². The van der Waals surface area contributed by atoms with E-state index in [9.17, 15) is 5.11 Å². The summed E-state index contributed by atoms with van der Waals surface area (Å²) in [6, 6.07) is 4.03. The van der Waals surface area contributed by atoms with Crippen molar-refractivity contribution in [2.75, 3.05) is 38.6 Å². The van der Waals surface area contributed by atoms with Crippen molar-refractivity contribution < 1.29 is 5.11 Å². The van der Waals surface area contributed by atoms with E-state index in [0.29, 0.717) is 11.8 Å². The van der Waals surface area contributed by atoms with Gasteiger partial charge in [0.1, 0.15) is 5.82 Å². The Bertz CT molecular complexity index is 430. The lowest BCUT2D eigenvalue weighted by atomic mass is 10.1. The smallest absolute Gasteiger partial charge is 0.129 e. The van der Waals surface area contributed by atoms with Gasteiger partial charge in [-0.15, -0.1) is 0 Å². The molecule has 0 saturated carbocycles. The highest BCUT2D eigenvalue weighted by Crippen LogP contribution is 2.21. The normalized spacial score (nSPS) is 11.7. The van der Waals surface area contributed by atoms with E-state index < -0.39 is 0 Å². The lowest BCUT2D eigenvalue weighted by molar-refractivity contribution is 0.281. The Kier molecular flexibility index (Phi) is 7.12. The first-order valence-corrected chi connectivity index (χ1v) is 7.84. The summed E-state index contributed by atoms with van der Waals surface area (Å²) in [4.78, 5) is 9.32. The monoisotopic (exact) mass is 293 g/mol. The van der Waals surface area contributed by atoms with Crippen LogP contribution in [0.15, 0.2) is 12.1 Å². The van der Waals surface area contributed by atoms with Gasteiger partial charge in [0.15, 0.2) is 0 Å². The van der Waals surface area contributed by atoms with Crippen LogP contribution >= 0.6 is 0 Å². The molecule has 1 aromatic heterocycles. The Morgan fingerprint density at radius 3 is 2.24 bits per heavy atom. The van der Waals surface area contributed by atoms with E-state index in [1.165, 1.54) is 0 Å². The summed E-state index contributed by atoms with van der Waals surface area (Å²) in [5, 5.41) is 9.50. The van der Waals surface area contributed by atoms with E-state index in [1.54, 1.807) is 0 Å². The molecule has 0 amide bonds. The number of aliphatic hydroxyl groups is 1. The minimum absolute atomic E-state index is 0.0679. The molecule has 1 heterocycles. The third-order valence-electron chi connectivity index (χ3n) is 3.39. The highest BCUT2D eigenvalue weighted by molar-refractivity contribution is 5.43. The van der Waals surface area contributed by atoms with Gasteiger partial charge in [0, 0.05) is 25.3 Å². The predicted octanol–water partition coefficient (Wildman–Crippen LogP) is 2.72. The summed E-state index contributed by atoms with van der Waals surface area (Å²) >= 11 is 0. The molecule has 0 aliphatic carbocycles. The van der Waals surface area contributed by atoms with E-state index in [2.05, 4.69) is 51.6 Å². The number of hydrogen-bond acceptors (Lipinski definition) is 4. The molecule has 120 valence electrons. The van der Waals surface area contributed by atoms with E-state index in [0.717, 1.165) is 36.7 Å². The second kappa shape index (κ2) is 8.35. The molecule has 0 aliphatic heterocycles. The largest absolute Gasteiger partial charge is 0.392 e. The van der Waals surface area contributed by atoms with Gasteiger partial charge >= 0.3 is 0 Å². The van der Waals surface area contributed by atoms with Crippen molar-refractivity contribution >= 4 is 5.82 Å².